The largest absolute Gasteiger partial charge is 0.339 e. The Balaban J connectivity index is 0.00000121. The molecule has 1 aliphatic rings. The summed E-state index contributed by atoms with van der Waals surface area (Å²) < 4.78 is 0. The fraction of sp³-hybridized carbons (Fsp3) is 0.786. The van der Waals surface area contributed by atoms with E-state index in [1.807, 2.05) is 43.8 Å². The molecule has 100 valence electrons. The Kier molecular flexibility index (Phi) is 8.78. The summed E-state index contributed by atoms with van der Waals surface area (Å²) in [4.78, 5) is 15.7. The van der Waals surface area contributed by atoms with Gasteiger partial charge in [0.1, 0.15) is 0 Å². The first-order valence-corrected chi connectivity index (χ1v) is 6.73. The highest BCUT2D eigenvalue weighted by molar-refractivity contribution is 5.87. The van der Waals surface area contributed by atoms with E-state index in [0.29, 0.717) is 0 Å². The molecular weight excluding hydrogens is 212 g/mol. The molecule has 1 atom stereocenters. The summed E-state index contributed by atoms with van der Waals surface area (Å²) in [5.74, 6) is 0.893. The molecule has 1 unspecified atom stereocenters. The van der Waals surface area contributed by atoms with Gasteiger partial charge in [-0.05, 0) is 26.4 Å². The van der Waals surface area contributed by atoms with Gasteiger partial charge in [0.15, 0.2) is 0 Å². The van der Waals surface area contributed by atoms with Crippen LogP contribution in [0.3, 0.4) is 0 Å². The topological polar surface area (TPSA) is 23.6 Å². The second kappa shape index (κ2) is 9.23. The van der Waals surface area contributed by atoms with E-state index in [1.54, 1.807) is 6.08 Å². The highest BCUT2D eigenvalue weighted by atomic mass is 16.2. The third kappa shape index (κ3) is 6.47. The van der Waals surface area contributed by atoms with Gasteiger partial charge in [-0.2, -0.15) is 0 Å². The van der Waals surface area contributed by atoms with Gasteiger partial charge in [0.05, 0.1) is 0 Å². The van der Waals surface area contributed by atoms with Crippen LogP contribution in [0.4, 0.5) is 0 Å². The van der Waals surface area contributed by atoms with E-state index < -0.39 is 0 Å². The highest BCUT2D eigenvalue weighted by Gasteiger charge is 2.23. The number of hydrogen-bond donors (Lipinski definition) is 0. The molecule has 0 radical (unpaired) electrons. The minimum absolute atomic E-state index is 0.174. The lowest BCUT2D eigenvalue weighted by atomic mass is 10.1. The summed E-state index contributed by atoms with van der Waals surface area (Å²) in [5, 5.41) is 0. The van der Waals surface area contributed by atoms with Crippen molar-refractivity contribution in [3.8, 4) is 0 Å². The van der Waals surface area contributed by atoms with E-state index in [9.17, 15) is 4.79 Å². The third-order valence-corrected chi connectivity index (χ3v) is 2.91. The number of carbonyl (C=O) groups excluding carboxylic acids is 1. The SMILES string of the molecule is CC.CCC1CCN(C(=O)/C=C/CN(C)C)C1. The molecule has 0 aliphatic carbocycles. The van der Waals surface area contributed by atoms with Crippen molar-refractivity contribution in [3.63, 3.8) is 0 Å². The Morgan fingerprint density at radius 2 is 2.06 bits per heavy atom. The van der Waals surface area contributed by atoms with Crippen LogP contribution in [0.2, 0.25) is 0 Å². The van der Waals surface area contributed by atoms with Gasteiger partial charge in [-0.25, -0.2) is 0 Å². The van der Waals surface area contributed by atoms with E-state index in [1.165, 1.54) is 12.8 Å². The monoisotopic (exact) mass is 240 g/mol. The van der Waals surface area contributed by atoms with Crippen LogP contribution in [0, 0.1) is 5.92 Å². The third-order valence-electron chi connectivity index (χ3n) is 2.91. The number of hydrogen-bond acceptors (Lipinski definition) is 2. The predicted molar refractivity (Wildman–Crippen MR) is 74.0 cm³/mol. The lowest BCUT2D eigenvalue weighted by Gasteiger charge is -2.13. The van der Waals surface area contributed by atoms with Crippen molar-refractivity contribution in [2.75, 3.05) is 33.7 Å². The van der Waals surface area contributed by atoms with Crippen LogP contribution in [-0.2, 0) is 4.79 Å². The summed E-state index contributed by atoms with van der Waals surface area (Å²) in [7, 11) is 4.00. The fourth-order valence-corrected chi connectivity index (χ4v) is 1.84. The Hall–Kier alpha value is -0.830. The molecular formula is C14H28N2O. The van der Waals surface area contributed by atoms with Crippen molar-refractivity contribution in [1.82, 2.24) is 9.80 Å². The smallest absolute Gasteiger partial charge is 0.246 e. The number of amides is 1. The van der Waals surface area contributed by atoms with Gasteiger partial charge in [-0.1, -0.05) is 33.3 Å². The van der Waals surface area contributed by atoms with Gasteiger partial charge in [0.25, 0.3) is 0 Å². The van der Waals surface area contributed by atoms with Gasteiger partial charge >= 0.3 is 0 Å². The number of likely N-dealkylation sites (N-methyl/N-ethyl adjacent to an activating group) is 1. The molecule has 0 spiro atoms. The van der Waals surface area contributed by atoms with E-state index >= 15 is 0 Å². The molecule has 1 aliphatic heterocycles. The normalized spacial score (nSPS) is 19.6. The van der Waals surface area contributed by atoms with Crippen LogP contribution in [0.25, 0.3) is 0 Å². The second-order valence-electron chi connectivity index (χ2n) is 4.51. The maximum Gasteiger partial charge on any atom is 0.246 e. The minimum atomic E-state index is 0.174. The predicted octanol–water partition coefficient (Wildman–Crippen LogP) is 2.39. The molecule has 3 nitrogen and oxygen atoms in total. The molecule has 0 aromatic heterocycles. The van der Waals surface area contributed by atoms with Gasteiger partial charge in [-0.15, -0.1) is 0 Å². The van der Waals surface area contributed by atoms with E-state index in [0.717, 1.165) is 25.6 Å². The van der Waals surface area contributed by atoms with Crippen molar-refractivity contribution in [3.05, 3.63) is 12.2 Å². The van der Waals surface area contributed by atoms with Gasteiger partial charge in [0.2, 0.25) is 5.91 Å². The Morgan fingerprint density at radius 1 is 1.41 bits per heavy atom. The lowest BCUT2D eigenvalue weighted by Crippen LogP contribution is -2.27. The molecule has 3 heteroatoms. The second-order valence-corrected chi connectivity index (χ2v) is 4.51. The van der Waals surface area contributed by atoms with Crippen molar-refractivity contribution < 1.29 is 4.79 Å². The zero-order valence-electron chi connectivity index (χ0n) is 12.1. The molecule has 1 heterocycles. The van der Waals surface area contributed by atoms with Crippen molar-refractivity contribution in [2.24, 2.45) is 5.92 Å². The van der Waals surface area contributed by atoms with Gasteiger partial charge in [-0.3, -0.25) is 4.79 Å². The molecule has 0 N–H and O–H groups in total. The average molecular weight is 240 g/mol. The molecule has 1 rings (SSSR count). The number of likely N-dealkylation sites (tertiary alicyclic amines) is 1. The Morgan fingerprint density at radius 3 is 2.53 bits per heavy atom. The molecule has 1 fully saturated rings. The standard InChI is InChI=1S/C12H22N2O.C2H6/c1-4-11-7-9-14(10-11)12(15)6-5-8-13(2)3;1-2/h5-6,11H,4,7-10H2,1-3H3;1-2H3/b6-5+;. The molecule has 0 aromatic carbocycles. The van der Waals surface area contributed by atoms with Crippen LogP contribution in [0.15, 0.2) is 12.2 Å². The molecule has 17 heavy (non-hydrogen) atoms. The Labute approximate surface area is 106 Å². The van der Waals surface area contributed by atoms with Crippen molar-refractivity contribution >= 4 is 5.91 Å². The van der Waals surface area contributed by atoms with Gasteiger partial charge in [0, 0.05) is 25.7 Å². The number of carbonyl (C=O) groups is 1. The molecule has 0 aromatic rings. The zero-order valence-corrected chi connectivity index (χ0v) is 12.1. The van der Waals surface area contributed by atoms with E-state index in [4.69, 9.17) is 0 Å². The number of nitrogens with zero attached hydrogens (tertiary/aromatic N) is 2. The quantitative estimate of drug-likeness (QED) is 0.704. The Bertz CT molecular complexity index is 236. The average Bonchev–Trinajstić information content (AvgIpc) is 2.79. The maximum atomic E-state index is 11.7. The summed E-state index contributed by atoms with van der Waals surface area (Å²) in [6, 6.07) is 0. The first-order chi connectivity index (χ1) is 8.13. The fourth-order valence-electron chi connectivity index (χ4n) is 1.84. The summed E-state index contributed by atoms with van der Waals surface area (Å²) in [5.41, 5.74) is 0. The zero-order chi connectivity index (χ0) is 13.3. The van der Waals surface area contributed by atoms with Crippen LogP contribution >= 0.6 is 0 Å². The lowest BCUT2D eigenvalue weighted by molar-refractivity contribution is -0.125. The first kappa shape index (κ1) is 16.2. The molecule has 0 saturated carbocycles. The first-order valence-electron chi connectivity index (χ1n) is 6.73. The summed E-state index contributed by atoms with van der Waals surface area (Å²) in [6.07, 6.45) is 5.99. The minimum Gasteiger partial charge on any atom is -0.339 e. The van der Waals surface area contributed by atoms with E-state index in [-0.39, 0.29) is 5.91 Å². The maximum absolute atomic E-state index is 11.7. The summed E-state index contributed by atoms with van der Waals surface area (Å²) >= 11 is 0. The van der Waals surface area contributed by atoms with Crippen LogP contribution in [0.1, 0.15) is 33.6 Å². The van der Waals surface area contributed by atoms with Crippen LogP contribution in [0.5, 0.6) is 0 Å². The van der Waals surface area contributed by atoms with Crippen LogP contribution in [-0.4, -0.2) is 49.4 Å². The molecule has 1 saturated heterocycles. The highest BCUT2D eigenvalue weighted by Crippen LogP contribution is 2.18. The molecule has 1 amide bonds. The summed E-state index contributed by atoms with van der Waals surface area (Å²) in [6.45, 7) is 8.91. The molecule has 0 bridgehead atoms. The van der Waals surface area contributed by atoms with Crippen LogP contribution < -0.4 is 0 Å². The van der Waals surface area contributed by atoms with Crippen molar-refractivity contribution in [1.29, 1.82) is 0 Å². The van der Waals surface area contributed by atoms with E-state index in [2.05, 4.69) is 6.92 Å². The van der Waals surface area contributed by atoms with Gasteiger partial charge < -0.3 is 9.80 Å². The van der Waals surface area contributed by atoms with Crippen molar-refractivity contribution in [2.45, 2.75) is 33.6 Å². The number of rotatable bonds is 4.